The van der Waals surface area contributed by atoms with E-state index in [1.165, 1.54) is 0 Å². The molecule has 0 aliphatic heterocycles. The fourth-order valence-corrected chi connectivity index (χ4v) is 2.31. The molecular formula is C20H22N2O2. The number of hydrogen-bond acceptors (Lipinski definition) is 4. The van der Waals surface area contributed by atoms with Crippen LogP contribution in [0.25, 0.3) is 0 Å². The summed E-state index contributed by atoms with van der Waals surface area (Å²) >= 11 is 0. The van der Waals surface area contributed by atoms with E-state index in [2.05, 4.69) is 6.58 Å². The maximum absolute atomic E-state index is 9.19. The molecule has 2 aromatic carbocycles. The highest BCUT2D eigenvalue weighted by Gasteiger charge is 2.27. The second kappa shape index (κ2) is 9.64. The predicted octanol–water partition coefficient (Wildman–Crippen LogP) is 3.19. The highest BCUT2D eigenvalue weighted by atomic mass is 16.5. The average molecular weight is 322 g/mol. The molecule has 0 unspecified atom stereocenters. The Morgan fingerprint density at radius 1 is 0.958 bits per heavy atom. The summed E-state index contributed by atoms with van der Waals surface area (Å²) in [6, 6.07) is 20.8. The van der Waals surface area contributed by atoms with Gasteiger partial charge in [0.1, 0.15) is 18.2 Å². The van der Waals surface area contributed by atoms with Crippen molar-refractivity contribution in [2.24, 2.45) is 5.73 Å². The van der Waals surface area contributed by atoms with Crippen LogP contribution >= 0.6 is 0 Å². The zero-order valence-corrected chi connectivity index (χ0v) is 13.5. The molecule has 0 spiro atoms. The van der Waals surface area contributed by atoms with Gasteiger partial charge in [0, 0.05) is 0 Å². The van der Waals surface area contributed by atoms with E-state index in [0.29, 0.717) is 13.2 Å². The molecule has 4 heteroatoms. The van der Waals surface area contributed by atoms with Crippen LogP contribution < -0.4 is 5.73 Å². The number of nitrogens with zero attached hydrogens (tertiary/aromatic N) is 1. The van der Waals surface area contributed by atoms with Gasteiger partial charge in [-0.3, -0.25) is 0 Å². The summed E-state index contributed by atoms with van der Waals surface area (Å²) in [7, 11) is 0. The van der Waals surface area contributed by atoms with E-state index in [4.69, 9.17) is 15.2 Å². The van der Waals surface area contributed by atoms with Crippen LogP contribution in [-0.4, -0.2) is 18.2 Å². The third kappa shape index (κ3) is 5.32. The molecule has 0 saturated heterocycles. The van der Waals surface area contributed by atoms with Crippen molar-refractivity contribution < 1.29 is 9.47 Å². The standard InChI is InChI=1S/C20H22N2O2/c1-2-19(23-14-16-9-5-3-6-10-16)20(18(22)13-21)24-15-17-11-7-4-8-12-17/h2-12,18-20H,1,14-15,22H2/t18-,19+,20-/m0/s1. The molecule has 2 rings (SSSR count). The summed E-state index contributed by atoms with van der Waals surface area (Å²) in [5.41, 5.74) is 7.96. The molecule has 3 atom stereocenters. The first-order valence-corrected chi connectivity index (χ1v) is 7.83. The van der Waals surface area contributed by atoms with Gasteiger partial charge < -0.3 is 15.2 Å². The van der Waals surface area contributed by atoms with Gasteiger partial charge in [-0.15, -0.1) is 6.58 Å². The summed E-state index contributed by atoms with van der Waals surface area (Å²) in [6.45, 7) is 4.56. The van der Waals surface area contributed by atoms with Crippen LogP contribution in [0, 0.1) is 11.3 Å². The monoisotopic (exact) mass is 322 g/mol. The summed E-state index contributed by atoms with van der Waals surface area (Å²) < 4.78 is 11.8. The fourth-order valence-electron chi connectivity index (χ4n) is 2.31. The van der Waals surface area contributed by atoms with E-state index < -0.39 is 18.2 Å². The van der Waals surface area contributed by atoms with Crippen LogP contribution in [0.1, 0.15) is 11.1 Å². The van der Waals surface area contributed by atoms with Crippen molar-refractivity contribution in [2.45, 2.75) is 31.5 Å². The number of rotatable bonds is 9. The first kappa shape index (κ1) is 17.9. The molecule has 2 N–H and O–H groups in total. The highest BCUT2D eigenvalue weighted by molar-refractivity contribution is 5.15. The molecule has 0 aliphatic rings. The van der Waals surface area contributed by atoms with Gasteiger partial charge in [0.05, 0.1) is 19.3 Å². The summed E-state index contributed by atoms with van der Waals surface area (Å²) in [6.07, 6.45) is 0.579. The van der Waals surface area contributed by atoms with E-state index in [0.717, 1.165) is 11.1 Å². The molecular weight excluding hydrogens is 300 g/mol. The van der Waals surface area contributed by atoms with E-state index >= 15 is 0 Å². The largest absolute Gasteiger partial charge is 0.368 e. The normalized spacial score (nSPS) is 14.3. The second-order valence-electron chi connectivity index (χ2n) is 5.41. The van der Waals surface area contributed by atoms with Crippen molar-refractivity contribution in [3.8, 4) is 6.07 Å². The Balaban J connectivity index is 2.01. The fraction of sp³-hybridized carbons (Fsp3) is 0.250. The van der Waals surface area contributed by atoms with Crippen LogP contribution in [0.15, 0.2) is 73.3 Å². The Hall–Kier alpha value is -2.45. The third-order valence-corrected chi connectivity index (χ3v) is 3.63. The Labute approximate surface area is 143 Å². The molecule has 0 amide bonds. The minimum absolute atomic E-state index is 0.361. The van der Waals surface area contributed by atoms with Crippen molar-refractivity contribution in [3.63, 3.8) is 0 Å². The molecule has 24 heavy (non-hydrogen) atoms. The van der Waals surface area contributed by atoms with Gasteiger partial charge in [0.25, 0.3) is 0 Å². The third-order valence-electron chi connectivity index (χ3n) is 3.63. The molecule has 0 bridgehead atoms. The zero-order chi connectivity index (χ0) is 17.2. The molecule has 124 valence electrons. The lowest BCUT2D eigenvalue weighted by Crippen LogP contribution is -2.44. The minimum atomic E-state index is -0.799. The molecule has 4 nitrogen and oxygen atoms in total. The molecule has 0 radical (unpaired) electrons. The van der Waals surface area contributed by atoms with Crippen LogP contribution in [0.5, 0.6) is 0 Å². The van der Waals surface area contributed by atoms with Gasteiger partial charge in [-0.2, -0.15) is 5.26 Å². The summed E-state index contributed by atoms with van der Waals surface area (Å²) in [5.74, 6) is 0. The Kier molecular flexibility index (Phi) is 7.19. The Bertz CT molecular complexity index is 652. The maximum atomic E-state index is 9.19. The number of nitriles is 1. The van der Waals surface area contributed by atoms with Crippen LogP contribution in [0.4, 0.5) is 0 Å². The van der Waals surface area contributed by atoms with Gasteiger partial charge in [0.15, 0.2) is 0 Å². The number of benzene rings is 2. The lowest BCUT2D eigenvalue weighted by molar-refractivity contribution is -0.0681. The van der Waals surface area contributed by atoms with Crippen molar-refractivity contribution in [3.05, 3.63) is 84.4 Å². The van der Waals surface area contributed by atoms with E-state index in [-0.39, 0.29) is 0 Å². The molecule has 0 fully saturated rings. The summed E-state index contributed by atoms with van der Waals surface area (Å²) in [4.78, 5) is 0. The second-order valence-corrected chi connectivity index (χ2v) is 5.41. The van der Waals surface area contributed by atoms with Crippen LogP contribution in [-0.2, 0) is 22.7 Å². The Morgan fingerprint density at radius 2 is 1.46 bits per heavy atom. The molecule has 0 saturated carbocycles. The molecule has 2 aromatic rings. The van der Waals surface area contributed by atoms with E-state index in [1.54, 1.807) is 6.08 Å². The first-order valence-electron chi connectivity index (χ1n) is 7.83. The SMILES string of the molecule is C=C[C@@H](OCc1ccccc1)[C@@H](OCc1ccccc1)[C@@H](N)C#N. The number of nitrogens with two attached hydrogens (primary N) is 1. The topological polar surface area (TPSA) is 68.3 Å². The van der Waals surface area contributed by atoms with Crippen LogP contribution in [0.3, 0.4) is 0 Å². The summed E-state index contributed by atoms with van der Waals surface area (Å²) in [5, 5.41) is 9.19. The number of ether oxygens (including phenoxy) is 2. The number of hydrogen-bond donors (Lipinski definition) is 1. The smallest absolute Gasteiger partial charge is 0.122 e. The van der Waals surface area contributed by atoms with Gasteiger partial charge in [0.2, 0.25) is 0 Å². The van der Waals surface area contributed by atoms with Crippen LogP contribution in [0.2, 0.25) is 0 Å². The van der Waals surface area contributed by atoms with Crippen molar-refractivity contribution in [1.82, 2.24) is 0 Å². The van der Waals surface area contributed by atoms with Gasteiger partial charge in [-0.25, -0.2) is 0 Å². The highest BCUT2D eigenvalue weighted by Crippen LogP contribution is 2.14. The molecule has 0 heterocycles. The predicted molar refractivity (Wildman–Crippen MR) is 93.8 cm³/mol. The minimum Gasteiger partial charge on any atom is -0.368 e. The van der Waals surface area contributed by atoms with E-state index in [9.17, 15) is 5.26 Å². The van der Waals surface area contributed by atoms with Gasteiger partial charge >= 0.3 is 0 Å². The molecule has 0 aliphatic carbocycles. The lowest BCUT2D eigenvalue weighted by atomic mass is 10.1. The quantitative estimate of drug-likeness (QED) is 0.720. The van der Waals surface area contributed by atoms with Gasteiger partial charge in [-0.05, 0) is 11.1 Å². The van der Waals surface area contributed by atoms with Crippen molar-refractivity contribution in [1.29, 1.82) is 5.26 Å². The lowest BCUT2D eigenvalue weighted by Gasteiger charge is -2.27. The maximum Gasteiger partial charge on any atom is 0.122 e. The van der Waals surface area contributed by atoms with Crippen molar-refractivity contribution in [2.75, 3.05) is 0 Å². The zero-order valence-electron chi connectivity index (χ0n) is 13.5. The first-order chi connectivity index (χ1) is 11.7. The molecule has 0 aromatic heterocycles. The van der Waals surface area contributed by atoms with E-state index in [1.807, 2.05) is 66.7 Å². The average Bonchev–Trinajstić information content (AvgIpc) is 2.65. The van der Waals surface area contributed by atoms with Gasteiger partial charge in [-0.1, -0.05) is 66.7 Å². The van der Waals surface area contributed by atoms with Crippen molar-refractivity contribution >= 4 is 0 Å². The Morgan fingerprint density at radius 3 is 1.92 bits per heavy atom.